The Hall–Kier alpha value is -2.29. The summed E-state index contributed by atoms with van der Waals surface area (Å²) in [5.74, 6) is 2.86. The number of anilines is 1. The van der Waals surface area contributed by atoms with Gasteiger partial charge in [-0.1, -0.05) is 12.8 Å². The molecule has 0 bridgehead atoms. The van der Waals surface area contributed by atoms with Crippen LogP contribution in [0.1, 0.15) is 27.2 Å². The predicted molar refractivity (Wildman–Crippen MR) is 73.2 cm³/mol. The van der Waals surface area contributed by atoms with E-state index in [9.17, 15) is 10.1 Å². The van der Waals surface area contributed by atoms with Crippen LogP contribution in [0.3, 0.4) is 0 Å². The van der Waals surface area contributed by atoms with Crippen molar-refractivity contribution in [2.75, 3.05) is 11.9 Å². The minimum Gasteiger partial charge on any atom is -0.454 e. The Morgan fingerprint density at radius 3 is 2.79 bits per heavy atom. The molecular formula is C13H17N3O3. The Morgan fingerprint density at radius 1 is 1.58 bits per heavy atom. The summed E-state index contributed by atoms with van der Waals surface area (Å²) in [7, 11) is 0. The van der Waals surface area contributed by atoms with Gasteiger partial charge in [0.05, 0.1) is 4.92 Å². The normalized spacial score (nSPS) is 10.6. The van der Waals surface area contributed by atoms with Crippen molar-refractivity contribution in [3.8, 4) is 18.2 Å². The highest BCUT2D eigenvalue weighted by atomic mass is 16.6. The molecule has 19 heavy (non-hydrogen) atoms. The molecule has 0 aliphatic rings. The van der Waals surface area contributed by atoms with Gasteiger partial charge in [-0.2, -0.15) is 4.98 Å². The van der Waals surface area contributed by atoms with Crippen LogP contribution < -0.4 is 10.1 Å². The third-order valence-electron chi connectivity index (χ3n) is 2.29. The van der Waals surface area contributed by atoms with Crippen LogP contribution in [-0.2, 0) is 0 Å². The third kappa shape index (κ3) is 4.14. The minimum atomic E-state index is -0.957. The van der Waals surface area contributed by atoms with Gasteiger partial charge in [-0.05, 0) is 26.3 Å². The second kappa shape index (κ2) is 6.05. The number of aromatic nitrogens is 1. The van der Waals surface area contributed by atoms with Gasteiger partial charge in [0.25, 0.3) is 5.88 Å². The van der Waals surface area contributed by atoms with E-state index in [1.165, 1.54) is 6.07 Å². The van der Waals surface area contributed by atoms with Crippen molar-refractivity contribution in [2.24, 2.45) is 0 Å². The lowest BCUT2D eigenvalue weighted by Crippen LogP contribution is -2.26. The monoisotopic (exact) mass is 263 g/mol. The van der Waals surface area contributed by atoms with E-state index in [-0.39, 0.29) is 11.6 Å². The molecule has 0 aliphatic carbocycles. The number of nitrogens with zero attached hydrogens (tertiary/aromatic N) is 2. The smallest absolute Gasteiger partial charge is 0.331 e. The van der Waals surface area contributed by atoms with E-state index in [0.717, 1.165) is 13.0 Å². The molecular weight excluding hydrogens is 246 g/mol. The summed E-state index contributed by atoms with van der Waals surface area (Å²) in [6.07, 6.45) is 6.23. The minimum absolute atomic E-state index is 0.0750. The molecule has 0 aliphatic heterocycles. The maximum Gasteiger partial charge on any atom is 0.331 e. The summed E-state index contributed by atoms with van der Waals surface area (Å²) < 4.78 is 5.44. The third-order valence-corrected chi connectivity index (χ3v) is 2.29. The van der Waals surface area contributed by atoms with Gasteiger partial charge in [0, 0.05) is 12.6 Å². The summed E-state index contributed by atoms with van der Waals surface area (Å²) in [5, 5.41) is 14.0. The molecule has 0 amide bonds. The largest absolute Gasteiger partial charge is 0.454 e. The molecule has 0 saturated carbocycles. The topological polar surface area (TPSA) is 77.3 Å². The fraction of sp³-hybridized carbons (Fsp3) is 0.462. The van der Waals surface area contributed by atoms with E-state index < -0.39 is 10.5 Å². The second-order valence-electron chi connectivity index (χ2n) is 4.46. The molecule has 102 valence electrons. The molecule has 0 fully saturated rings. The van der Waals surface area contributed by atoms with Crippen molar-refractivity contribution >= 4 is 11.5 Å². The summed E-state index contributed by atoms with van der Waals surface area (Å²) in [5.41, 5.74) is -1.16. The van der Waals surface area contributed by atoms with Gasteiger partial charge >= 0.3 is 5.69 Å². The fourth-order valence-corrected chi connectivity index (χ4v) is 1.27. The Morgan fingerprint density at radius 2 is 2.26 bits per heavy atom. The highest BCUT2D eigenvalue weighted by Crippen LogP contribution is 2.29. The maximum atomic E-state index is 10.9. The van der Waals surface area contributed by atoms with Crippen LogP contribution in [0, 0.1) is 22.5 Å². The van der Waals surface area contributed by atoms with Gasteiger partial charge < -0.3 is 10.1 Å². The Kier molecular flexibility index (Phi) is 4.70. The molecule has 0 aromatic carbocycles. The number of ether oxygens (including phenoxy) is 1. The number of hydrogen-bond donors (Lipinski definition) is 1. The number of nitrogens with one attached hydrogen (secondary N) is 1. The van der Waals surface area contributed by atoms with Crippen molar-refractivity contribution in [2.45, 2.75) is 32.8 Å². The fourth-order valence-electron chi connectivity index (χ4n) is 1.27. The standard InChI is InChI=1S/C13H17N3O3/c1-5-9-14-11-8-7-10(16(17)18)12(15-11)19-13(3,4)6-2/h2,7-8H,5,9H2,1,3-4H3,(H,14,15). The molecule has 1 N–H and O–H groups in total. The zero-order valence-electron chi connectivity index (χ0n) is 11.3. The molecule has 0 radical (unpaired) electrons. The number of terminal acetylenes is 1. The quantitative estimate of drug-likeness (QED) is 0.485. The first-order valence-electron chi connectivity index (χ1n) is 5.95. The van der Waals surface area contributed by atoms with E-state index in [1.54, 1.807) is 19.9 Å². The molecule has 1 aromatic rings. The van der Waals surface area contributed by atoms with Crippen LogP contribution in [0.25, 0.3) is 0 Å². The summed E-state index contributed by atoms with van der Waals surface area (Å²) >= 11 is 0. The van der Waals surface area contributed by atoms with Gasteiger partial charge in [0.2, 0.25) is 0 Å². The van der Waals surface area contributed by atoms with E-state index in [2.05, 4.69) is 16.2 Å². The van der Waals surface area contributed by atoms with Gasteiger partial charge in [-0.25, -0.2) is 0 Å². The predicted octanol–water partition coefficient (Wildman–Crippen LogP) is 2.60. The first-order chi connectivity index (χ1) is 8.89. The highest BCUT2D eigenvalue weighted by molar-refractivity contribution is 5.49. The summed E-state index contributed by atoms with van der Waals surface area (Å²) in [4.78, 5) is 14.5. The zero-order valence-corrected chi connectivity index (χ0v) is 11.3. The van der Waals surface area contributed by atoms with Gasteiger partial charge in [0.15, 0.2) is 5.60 Å². The molecule has 0 unspecified atom stereocenters. The van der Waals surface area contributed by atoms with Crippen molar-refractivity contribution in [3.63, 3.8) is 0 Å². The van der Waals surface area contributed by atoms with Crippen LogP contribution in [0.5, 0.6) is 5.88 Å². The van der Waals surface area contributed by atoms with Crippen molar-refractivity contribution in [1.82, 2.24) is 4.98 Å². The molecule has 0 spiro atoms. The SMILES string of the molecule is C#CC(C)(C)Oc1nc(NCCC)ccc1[N+](=O)[O-]. The van der Waals surface area contributed by atoms with Crippen LogP contribution in [0.15, 0.2) is 12.1 Å². The molecule has 1 rings (SSSR count). The first kappa shape index (κ1) is 14.8. The van der Waals surface area contributed by atoms with Crippen molar-refractivity contribution in [1.29, 1.82) is 0 Å². The van der Waals surface area contributed by atoms with Gasteiger partial charge in [-0.15, -0.1) is 6.42 Å². The van der Waals surface area contributed by atoms with Crippen molar-refractivity contribution < 1.29 is 9.66 Å². The summed E-state index contributed by atoms with van der Waals surface area (Å²) in [6, 6.07) is 2.90. The maximum absolute atomic E-state index is 10.9. The van der Waals surface area contributed by atoms with Crippen molar-refractivity contribution in [3.05, 3.63) is 22.2 Å². The molecule has 0 atom stereocenters. The van der Waals surface area contributed by atoms with E-state index >= 15 is 0 Å². The number of pyridine rings is 1. The van der Waals surface area contributed by atoms with Crippen LogP contribution >= 0.6 is 0 Å². The van der Waals surface area contributed by atoms with Gasteiger partial charge in [0.1, 0.15) is 5.82 Å². The zero-order chi connectivity index (χ0) is 14.5. The van der Waals surface area contributed by atoms with E-state index in [0.29, 0.717) is 5.82 Å². The molecule has 6 heteroatoms. The van der Waals surface area contributed by atoms with E-state index in [1.807, 2.05) is 6.92 Å². The van der Waals surface area contributed by atoms with Crippen LogP contribution in [-0.4, -0.2) is 22.1 Å². The van der Waals surface area contributed by atoms with Crippen LogP contribution in [0.4, 0.5) is 11.5 Å². The Bertz CT molecular complexity index is 506. The average Bonchev–Trinajstić information content (AvgIpc) is 2.35. The number of nitro groups is 1. The Labute approximate surface area is 112 Å². The summed E-state index contributed by atoms with van der Waals surface area (Å²) in [6.45, 7) is 6.02. The van der Waals surface area contributed by atoms with Gasteiger partial charge in [-0.3, -0.25) is 10.1 Å². The number of hydrogen-bond acceptors (Lipinski definition) is 5. The average molecular weight is 263 g/mol. The van der Waals surface area contributed by atoms with E-state index in [4.69, 9.17) is 11.2 Å². The Balaban J connectivity index is 3.09. The highest BCUT2D eigenvalue weighted by Gasteiger charge is 2.24. The second-order valence-corrected chi connectivity index (χ2v) is 4.46. The lowest BCUT2D eigenvalue weighted by atomic mass is 10.1. The number of rotatable bonds is 6. The lowest BCUT2D eigenvalue weighted by Gasteiger charge is -2.19. The van der Waals surface area contributed by atoms with Crippen LogP contribution in [0.2, 0.25) is 0 Å². The lowest BCUT2D eigenvalue weighted by molar-refractivity contribution is -0.386. The molecule has 0 saturated heterocycles. The molecule has 6 nitrogen and oxygen atoms in total. The molecule has 1 aromatic heterocycles. The first-order valence-corrected chi connectivity index (χ1v) is 5.95. The molecule has 1 heterocycles.